The van der Waals surface area contributed by atoms with Gasteiger partial charge in [-0.3, -0.25) is 4.79 Å². The predicted octanol–water partition coefficient (Wildman–Crippen LogP) is 1.73. The Hall–Kier alpha value is -1.35. The molecule has 1 aromatic carbocycles. The highest BCUT2D eigenvalue weighted by Gasteiger charge is 2.17. The van der Waals surface area contributed by atoms with Crippen LogP contribution in [-0.4, -0.2) is 13.0 Å². The Morgan fingerprint density at radius 1 is 1.25 bits per heavy atom. The molecule has 1 aromatic rings. The van der Waals surface area contributed by atoms with E-state index in [2.05, 4.69) is 26.1 Å². The van der Waals surface area contributed by atoms with Gasteiger partial charge >= 0.3 is 0 Å². The fourth-order valence-corrected chi connectivity index (χ4v) is 1.65. The van der Waals surface area contributed by atoms with Crippen molar-refractivity contribution in [3.8, 4) is 0 Å². The van der Waals surface area contributed by atoms with Crippen LogP contribution in [0, 0.1) is 0 Å². The molecular weight excluding hydrogens is 200 g/mol. The Morgan fingerprint density at radius 3 is 2.06 bits per heavy atom. The number of nitrogens with one attached hydrogen (secondary N) is 1. The number of carbonyl (C=O) groups excluding carboxylic acids is 1. The minimum absolute atomic E-state index is 0.125. The van der Waals surface area contributed by atoms with E-state index in [1.165, 1.54) is 5.56 Å². The first-order chi connectivity index (χ1) is 7.36. The molecule has 1 rings (SSSR count). The largest absolute Gasteiger partial charge is 0.368 e. The lowest BCUT2D eigenvalue weighted by Crippen LogP contribution is -2.31. The fourth-order valence-electron chi connectivity index (χ4n) is 1.65. The van der Waals surface area contributed by atoms with Gasteiger partial charge in [-0.1, -0.05) is 45.0 Å². The van der Waals surface area contributed by atoms with E-state index in [-0.39, 0.29) is 11.3 Å². The average Bonchev–Trinajstić information content (AvgIpc) is 2.17. The molecule has 16 heavy (non-hydrogen) atoms. The van der Waals surface area contributed by atoms with Crippen molar-refractivity contribution in [2.75, 3.05) is 7.05 Å². The molecule has 0 aliphatic carbocycles. The first kappa shape index (κ1) is 12.7. The van der Waals surface area contributed by atoms with Crippen LogP contribution in [0.2, 0.25) is 0 Å². The summed E-state index contributed by atoms with van der Waals surface area (Å²) < 4.78 is 0. The van der Waals surface area contributed by atoms with Crippen molar-refractivity contribution in [1.82, 2.24) is 5.32 Å². The van der Waals surface area contributed by atoms with Crippen LogP contribution in [0.15, 0.2) is 24.3 Å². The van der Waals surface area contributed by atoms with E-state index >= 15 is 0 Å². The van der Waals surface area contributed by atoms with Crippen LogP contribution in [-0.2, 0) is 10.2 Å². The van der Waals surface area contributed by atoms with E-state index in [4.69, 9.17) is 5.73 Å². The van der Waals surface area contributed by atoms with E-state index in [1.54, 1.807) is 7.05 Å². The van der Waals surface area contributed by atoms with Crippen molar-refractivity contribution in [1.29, 1.82) is 0 Å². The molecule has 3 N–H and O–H groups in total. The zero-order valence-electron chi connectivity index (χ0n) is 10.4. The molecule has 1 unspecified atom stereocenters. The number of amides is 1. The number of hydrogen-bond donors (Lipinski definition) is 2. The topological polar surface area (TPSA) is 55.1 Å². The summed E-state index contributed by atoms with van der Waals surface area (Å²) in [7, 11) is 1.73. The van der Waals surface area contributed by atoms with Crippen molar-refractivity contribution >= 4 is 5.91 Å². The quantitative estimate of drug-likeness (QED) is 0.815. The van der Waals surface area contributed by atoms with Gasteiger partial charge in [-0.2, -0.15) is 0 Å². The van der Waals surface area contributed by atoms with Crippen LogP contribution in [0.5, 0.6) is 0 Å². The Kier molecular flexibility index (Phi) is 3.70. The fraction of sp³-hybridized carbons (Fsp3) is 0.462. The highest BCUT2D eigenvalue weighted by atomic mass is 16.1. The van der Waals surface area contributed by atoms with E-state index < -0.39 is 6.04 Å². The number of carbonyl (C=O) groups is 1. The molecule has 0 aromatic heterocycles. The van der Waals surface area contributed by atoms with Crippen LogP contribution >= 0.6 is 0 Å². The average molecular weight is 220 g/mol. The van der Waals surface area contributed by atoms with E-state index in [0.29, 0.717) is 0 Å². The van der Waals surface area contributed by atoms with Crippen molar-refractivity contribution in [2.45, 2.75) is 32.2 Å². The lowest BCUT2D eigenvalue weighted by atomic mass is 9.86. The summed E-state index contributed by atoms with van der Waals surface area (Å²) in [6.07, 6.45) is 0. The van der Waals surface area contributed by atoms with Crippen molar-refractivity contribution in [2.24, 2.45) is 5.73 Å². The summed E-state index contributed by atoms with van der Waals surface area (Å²) >= 11 is 0. The van der Waals surface area contributed by atoms with E-state index in [1.807, 2.05) is 24.3 Å². The van der Waals surface area contributed by atoms with Gasteiger partial charge in [0.2, 0.25) is 5.91 Å². The number of nitrogens with two attached hydrogens (primary N) is 1. The van der Waals surface area contributed by atoms with Gasteiger partial charge in [-0.05, 0) is 23.6 Å². The normalized spacial score (nSPS) is 13.5. The van der Waals surface area contributed by atoms with Gasteiger partial charge in [-0.25, -0.2) is 0 Å². The molecule has 0 heterocycles. The molecule has 0 aliphatic heterocycles. The van der Waals surface area contributed by atoms with Gasteiger partial charge in [0.1, 0.15) is 6.04 Å². The second kappa shape index (κ2) is 4.66. The lowest BCUT2D eigenvalue weighted by Gasteiger charge is -2.20. The standard InChI is InChI=1S/C13H20N2O/c1-13(2,3)10-7-5-9(6-8-10)11(15-4)12(14)16/h5-8,11,15H,1-4H3,(H2,14,16). The molecule has 0 saturated heterocycles. The van der Waals surface area contributed by atoms with Gasteiger partial charge in [0.05, 0.1) is 0 Å². The summed E-state index contributed by atoms with van der Waals surface area (Å²) in [6.45, 7) is 6.48. The highest BCUT2D eigenvalue weighted by molar-refractivity contribution is 5.81. The highest BCUT2D eigenvalue weighted by Crippen LogP contribution is 2.23. The van der Waals surface area contributed by atoms with Gasteiger partial charge in [-0.15, -0.1) is 0 Å². The molecule has 88 valence electrons. The van der Waals surface area contributed by atoms with Gasteiger partial charge in [0.15, 0.2) is 0 Å². The summed E-state index contributed by atoms with van der Waals surface area (Å²) in [5.41, 5.74) is 7.58. The molecule has 0 bridgehead atoms. The number of likely N-dealkylation sites (N-methyl/N-ethyl adjacent to an activating group) is 1. The molecule has 0 fully saturated rings. The molecule has 0 aliphatic rings. The van der Waals surface area contributed by atoms with Gasteiger partial charge in [0, 0.05) is 0 Å². The molecule has 1 amide bonds. The summed E-state index contributed by atoms with van der Waals surface area (Å²) in [5, 5.41) is 2.90. The number of hydrogen-bond acceptors (Lipinski definition) is 2. The number of benzene rings is 1. The molecular formula is C13H20N2O. The van der Waals surface area contributed by atoms with E-state index in [9.17, 15) is 4.79 Å². The lowest BCUT2D eigenvalue weighted by molar-refractivity contribution is -0.120. The molecule has 0 spiro atoms. The van der Waals surface area contributed by atoms with Crippen LogP contribution < -0.4 is 11.1 Å². The first-order valence-electron chi connectivity index (χ1n) is 5.43. The first-order valence-corrected chi connectivity index (χ1v) is 5.43. The number of primary amides is 1. The Bertz CT molecular complexity index is 363. The third-order valence-electron chi connectivity index (χ3n) is 2.68. The minimum Gasteiger partial charge on any atom is -0.368 e. The zero-order valence-corrected chi connectivity index (χ0v) is 10.4. The monoisotopic (exact) mass is 220 g/mol. The van der Waals surface area contributed by atoms with Crippen LogP contribution in [0.1, 0.15) is 37.9 Å². The van der Waals surface area contributed by atoms with Gasteiger partial charge < -0.3 is 11.1 Å². The van der Waals surface area contributed by atoms with Crippen LogP contribution in [0.3, 0.4) is 0 Å². The smallest absolute Gasteiger partial charge is 0.239 e. The van der Waals surface area contributed by atoms with Crippen LogP contribution in [0.4, 0.5) is 0 Å². The van der Waals surface area contributed by atoms with Crippen LogP contribution in [0.25, 0.3) is 0 Å². The molecule has 0 radical (unpaired) electrons. The molecule has 0 saturated carbocycles. The predicted molar refractivity (Wildman–Crippen MR) is 66.1 cm³/mol. The molecule has 3 heteroatoms. The third kappa shape index (κ3) is 2.83. The number of rotatable bonds is 3. The van der Waals surface area contributed by atoms with Crippen molar-refractivity contribution in [3.63, 3.8) is 0 Å². The molecule has 1 atom stereocenters. The maximum Gasteiger partial charge on any atom is 0.239 e. The second-order valence-corrected chi connectivity index (χ2v) is 5.00. The SMILES string of the molecule is CNC(C(N)=O)c1ccc(C(C)(C)C)cc1. The van der Waals surface area contributed by atoms with E-state index in [0.717, 1.165) is 5.56 Å². The zero-order chi connectivity index (χ0) is 12.3. The Labute approximate surface area is 97.0 Å². The molecule has 3 nitrogen and oxygen atoms in total. The minimum atomic E-state index is -0.408. The maximum absolute atomic E-state index is 11.2. The summed E-state index contributed by atoms with van der Waals surface area (Å²) in [4.78, 5) is 11.2. The summed E-state index contributed by atoms with van der Waals surface area (Å²) in [5.74, 6) is -0.356. The second-order valence-electron chi connectivity index (χ2n) is 5.00. The van der Waals surface area contributed by atoms with Crippen molar-refractivity contribution < 1.29 is 4.79 Å². The third-order valence-corrected chi connectivity index (χ3v) is 2.68. The summed E-state index contributed by atoms with van der Waals surface area (Å²) in [6, 6.07) is 7.58. The maximum atomic E-state index is 11.2. The van der Waals surface area contributed by atoms with Gasteiger partial charge in [0.25, 0.3) is 0 Å². The Balaban J connectivity index is 2.98. The Morgan fingerprint density at radius 2 is 1.75 bits per heavy atom. The van der Waals surface area contributed by atoms with Crippen molar-refractivity contribution in [3.05, 3.63) is 35.4 Å².